The van der Waals surface area contributed by atoms with Crippen LogP contribution in [0.15, 0.2) is 6.20 Å². The normalized spacial score (nSPS) is 21.3. The van der Waals surface area contributed by atoms with E-state index in [1.54, 1.807) is 0 Å². The standard InChI is InChI=1S/C9H11N3O2S/c1-6-8(14)10-2-3-12(6)9-11-4-7(5-13)15-9/h4-6H,2-3H2,1H3,(H,10,14). The highest BCUT2D eigenvalue weighted by molar-refractivity contribution is 7.17. The van der Waals surface area contributed by atoms with Gasteiger partial charge in [-0.15, -0.1) is 0 Å². The van der Waals surface area contributed by atoms with Gasteiger partial charge in [0.2, 0.25) is 5.91 Å². The number of piperazine rings is 1. The minimum Gasteiger partial charge on any atom is -0.353 e. The molecule has 2 rings (SSSR count). The van der Waals surface area contributed by atoms with Crippen LogP contribution in [-0.4, -0.2) is 36.3 Å². The quantitative estimate of drug-likeness (QED) is 0.734. The maximum absolute atomic E-state index is 11.4. The molecule has 0 spiro atoms. The molecular weight excluding hydrogens is 214 g/mol. The molecule has 5 nitrogen and oxygen atoms in total. The van der Waals surface area contributed by atoms with Crippen LogP contribution in [-0.2, 0) is 4.79 Å². The minimum absolute atomic E-state index is 0.00380. The fraction of sp³-hybridized carbons (Fsp3) is 0.444. The minimum atomic E-state index is -0.218. The molecule has 1 atom stereocenters. The first-order valence-corrected chi connectivity index (χ1v) is 5.49. The fourth-order valence-corrected chi connectivity index (χ4v) is 2.34. The number of carbonyl (C=O) groups is 2. The van der Waals surface area contributed by atoms with Crippen LogP contribution in [0.4, 0.5) is 5.13 Å². The van der Waals surface area contributed by atoms with Gasteiger partial charge in [0.15, 0.2) is 11.4 Å². The Morgan fingerprint density at radius 2 is 2.53 bits per heavy atom. The molecule has 6 heteroatoms. The van der Waals surface area contributed by atoms with Crippen molar-refractivity contribution in [2.24, 2.45) is 0 Å². The third kappa shape index (κ3) is 1.85. The number of carbonyl (C=O) groups excluding carboxylic acids is 2. The first-order chi connectivity index (χ1) is 7.22. The summed E-state index contributed by atoms with van der Waals surface area (Å²) in [5.74, 6) is 0.00380. The molecule has 1 unspecified atom stereocenters. The van der Waals surface area contributed by atoms with Crippen molar-refractivity contribution >= 4 is 28.7 Å². The van der Waals surface area contributed by atoms with Crippen molar-refractivity contribution in [2.75, 3.05) is 18.0 Å². The van der Waals surface area contributed by atoms with E-state index in [4.69, 9.17) is 0 Å². The van der Waals surface area contributed by atoms with E-state index in [0.29, 0.717) is 11.4 Å². The molecule has 1 aromatic rings. The van der Waals surface area contributed by atoms with Gasteiger partial charge in [-0.25, -0.2) is 4.98 Å². The molecule has 0 radical (unpaired) electrons. The van der Waals surface area contributed by atoms with Gasteiger partial charge in [0, 0.05) is 13.1 Å². The average molecular weight is 225 g/mol. The summed E-state index contributed by atoms with van der Waals surface area (Å²) in [6.45, 7) is 3.19. The summed E-state index contributed by atoms with van der Waals surface area (Å²) in [6.07, 6.45) is 2.31. The molecule has 1 fully saturated rings. The Morgan fingerprint density at radius 1 is 1.73 bits per heavy atom. The Bertz CT molecular complexity index is 390. The van der Waals surface area contributed by atoms with Crippen molar-refractivity contribution in [2.45, 2.75) is 13.0 Å². The van der Waals surface area contributed by atoms with Crippen LogP contribution in [0.5, 0.6) is 0 Å². The summed E-state index contributed by atoms with van der Waals surface area (Å²) in [4.78, 5) is 28.6. The molecule has 1 aliphatic rings. The Labute approximate surface area is 91.1 Å². The molecule has 2 heterocycles. The summed E-state index contributed by atoms with van der Waals surface area (Å²) in [7, 11) is 0. The molecule has 0 aliphatic carbocycles. The van der Waals surface area contributed by atoms with E-state index in [1.165, 1.54) is 17.5 Å². The first kappa shape index (κ1) is 10.1. The second kappa shape index (κ2) is 3.98. The molecular formula is C9H11N3O2S. The van der Waals surface area contributed by atoms with Crippen molar-refractivity contribution in [3.63, 3.8) is 0 Å². The van der Waals surface area contributed by atoms with Gasteiger partial charge in [-0.1, -0.05) is 11.3 Å². The predicted molar refractivity (Wildman–Crippen MR) is 57.3 cm³/mol. The Balaban J connectivity index is 2.21. The molecule has 15 heavy (non-hydrogen) atoms. The number of aldehydes is 1. The Hall–Kier alpha value is -1.43. The van der Waals surface area contributed by atoms with E-state index >= 15 is 0 Å². The third-order valence-corrected chi connectivity index (χ3v) is 3.33. The van der Waals surface area contributed by atoms with Gasteiger partial charge in [0.05, 0.1) is 11.1 Å². The highest BCUT2D eigenvalue weighted by Crippen LogP contribution is 2.23. The van der Waals surface area contributed by atoms with E-state index in [9.17, 15) is 9.59 Å². The van der Waals surface area contributed by atoms with Gasteiger partial charge >= 0.3 is 0 Å². The summed E-state index contributed by atoms with van der Waals surface area (Å²) >= 11 is 1.31. The summed E-state index contributed by atoms with van der Waals surface area (Å²) in [5.41, 5.74) is 0. The Morgan fingerprint density at radius 3 is 3.20 bits per heavy atom. The van der Waals surface area contributed by atoms with Crippen LogP contribution in [0, 0.1) is 0 Å². The lowest BCUT2D eigenvalue weighted by Gasteiger charge is -2.32. The van der Waals surface area contributed by atoms with Crippen LogP contribution in [0.2, 0.25) is 0 Å². The zero-order valence-corrected chi connectivity index (χ0v) is 9.08. The van der Waals surface area contributed by atoms with E-state index in [-0.39, 0.29) is 11.9 Å². The highest BCUT2D eigenvalue weighted by Gasteiger charge is 2.27. The number of nitrogens with one attached hydrogen (secondary N) is 1. The van der Waals surface area contributed by atoms with Gasteiger partial charge in [0.25, 0.3) is 0 Å². The largest absolute Gasteiger partial charge is 0.353 e. The number of thiazole rings is 1. The average Bonchev–Trinajstić information content (AvgIpc) is 2.70. The SMILES string of the molecule is CC1C(=O)NCCN1c1ncc(C=O)s1. The molecule has 1 aliphatic heterocycles. The number of nitrogens with zero attached hydrogens (tertiary/aromatic N) is 2. The number of anilines is 1. The van der Waals surface area contributed by atoms with E-state index in [0.717, 1.165) is 18.0 Å². The molecule has 1 amide bonds. The van der Waals surface area contributed by atoms with Crippen molar-refractivity contribution in [1.82, 2.24) is 10.3 Å². The van der Waals surface area contributed by atoms with Gasteiger partial charge in [-0.3, -0.25) is 9.59 Å². The van der Waals surface area contributed by atoms with Crippen LogP contribution in [0.1, 0.15) is 16.6 Å². The number of rotatable bonds is 2. The van der Waals surface area contributed by atoms with Crippen LogP contribution in [0.25, 0.3) is 0 Å². The summed E-state index contributed by atoms with van der Waals surface area (Å²) in [5, 5.41) is 3.51. The molecule has 1 saturated heterocycles. The fourth-order valence-electron chi connectivity index (χ4n) is 1.51. The van der Waals surface area contributed by atoms with Gasteiger partial charge < -0.3 is 10.2 Å². The zero-order chi connectivity index (χ0) is 10.8. The predicted octanol–water partition coefficient (Wildman–Crippen LogP) is 0.280. The molecule has 1 aromatic heterocycles. The zero-order valence-electron chi connectivity index (χ0n) is 8.27. The van der Waals surface area contributed by atoms with Gasteiger partial charge in [-0.2, -0.15) is 0 Å². The highest BCUT2D eigenvalue weighted by atomic mass is 32.1. The maximum Gasteiger partial charge on any atom is 0.242 e. The van der Waals surface area contributed by atoms with Crippen LogP contribution in [0.3, 0.4) is 0 Å². The lowest BCUT2D eigenvalue weighted by atomic mass is 10.2. The second-order valence-electron chi connectivity index (χ2n) is 3.32. The Kier molecular flexibility index (Phi) is 2.68. The lowest BCUT2D eigenvalue weighted by molar-refractivity contribution is -0.122. The lowest BCUT2D eigenvalue weighted by Crippen LogP contribution is -2.54. The summed E-state index contributed by atoms with van der Waals surface area (Å²) < 4.78 is 0. The van der Waals surface area contributed by atoms with Crippen molar-refractivity contribution < 1.29 is 9.59 Å². The second-order valence-corrected chi connectivity index (χ2v) is 4.36. The smallest absolute Gasteiger partial charge is 0.242 e. The molecule has 1 N–H and O–H groups in total. The molecule has 0 saturated carbocycles. The molecule has 80 valence electrons. The molecule has 0 bridgehead atoms. The van der Waals surface area contributed by atoms with Crippen molar-refractivity contribution in [1.29, 1.82) is 0 Å². The monoisotopic (exact) mass is 225 g/mol. The summed E-state index contributed by atoms with van der Waals surface area (Å²) in [6, 6.07) is -0.218. The van der Waals surface area contributed by atoms with E-state index < -0.39 is 0 Å². The van der Waals surface area contributed by atoms with E-state index in [2.05, 4.69) is 10.3 Å². The van der Waals surface area contributed by atoms with Gasteiger partial charge in [-0.05, 0) is 6.92 Å². The van der Waals surface area contributed by atoms with Crippen LogP contribution < -0.4 is 10.2 Å². The number of amides is 1. The number of hydrogen-bond acceptors (Lipinski definition) is 5. The van der Waals surface area contributed by atoms with Gasteiger partial charge in [0.1, 0.15) is 6.04 Å². The van der Waals surface area contributed by atoms with Crippen molar-refractivity contribution in [3.05, 3.63) is 11.1 Å². The van der Waals surface area contributed by atoms with E-state index in [1.807, 2.05) is 11.8 Å². The number of aromatic nitrogens is 1. The van der Waals surface area contributed by atoms with Crippen molar-refractivity contribution in [3.8, 4) is 0 Å². The van der Waals surface area contributed by atoms with Crippen LogP contribution >= 0.6 is 11.3 Å². The number of hydrogen-bond donors (Lipinski definition) is 1. The maximum atomic E-state index is 11.4. The topological polar surface area (TPSA) is 62.3 Å². The molecule has 0 aromatic carbocycles. The first-order valence-electron chi connectivity index (χ1n) is 4.67. The third-order valence-electron chi connectivity index (χ3n) is 2.37.